The van der Waals surface area contributed by atoms with Gasteiger partial charge in [0.2, 0.25) is 0 Å². The van der Waals surface area contributed by atoms with Crippen LogP contribution in [-0.4, -0.2) is 10.2 Å². The van der Waals surface area contributed by atoms with Crippen molar-refractivity contribution in [1.82, 2.24) is 0 Å². The Bertz CT molecular complexity index is 279. The van der Waals surface area contributed by atoms with Crippen molar-refractivity contribution in [3.8, 4) is 0 Å². The first-order valence-corrected chi connectivity index (χ1v) is 3.99. The van der Waals surface area contributed by atoms with Crippen LogP contribution in [0.5, 0.6) is 0 Å². The van der Waals surface area contributed by atoms with Gasteiger partial charge in [0, 0.05) is 0 Å². The topological polar surface area (TPSA) is 40.5 Å². The summed E-state index contributed by atoms with van der Waals surface area (Å²) in [6.45, 7) is 3.92. The molecule has 2 nitrogen and oxygen atoms in total. The summed E-state index contributed by atoms with van der Waals surface area (Å²) in [5, 5.41) is 18.0. The minimum absolute atomic E-state index is 0.00157. The van der Waals surface area contributed by atoms with E-state index < -0.39 is 0 Å². The Morgan fingerprint density at radius 3 is 2.25 bits per heavy atom. The average molecular weight is 166 g/mol. The fraction of sp³-hybridized carbons (Fsp3) is 0.400. The predicted octanol–water partition coefficient (Wildman–Crippen LogP) is 1.29. The quantitative estimate of drug-likeness (QED) is 0.695. The Hall–Kier alpha value is -0.860. The number of benzene rings is 1. The van der Waals surface area contributed by atoms with Crippen LogP contribution in [0.4, 0.5) is 0 Å². The number of aliphatic hydroxyl groups excluding tert-OH is 2. The monoisotopic (exact) mass is 166 g/mol. The van der Waals surface area contributed by atoms with Gasteiger partial charge in [-0.15, -0.1) is 0 Å². The standard InChI is InChI=1S/C10H14O2/c1-7-3-8(2)10(6-12)9(4-7)5-11/h3-4,11-12H,5-6H2,1-2H3. The lowest BCUT2D eigenvalue weighted by molar-refractivity contribution is 0.259. The zero-order valence-electron chi connectivity index (χ0n) is 7.46. The number of hydrogen-bond donors (Lipinski definition) is 2. The number of aryl methyl sites for hydroxylation is 2. The van der Waals surface area contributed by atoms with Gasteiger partial charge in [0.25, 0.3) is 0 Å². The van der Waals surface area contributed by atoms with Gasteiger partial charge in [-0.05, 0) is 30.5 Å². The van der Waals surface area contributed by atoms with Gasteiger partial charge in [0.05, 0.1) is 13.2 Å². The molecule has 0 spiro atoms. The van der Waals surface area contributed by atoms with Crippen LogP contribution in [0.1, 0.15) is 22.3 Å². The normalized spacial score (nSPS) is 10.3. The Morgan fingerprint density at radius 1 is 1.08 bits per heavy atom. The Labute approximate surface area is 72.5 Å². The maximum atomic E-state index is 9.01. The molecule has 0 aromatic heterocycles. The van der Waals surface area contributed by atoms with Crippen LogP contribution in [0.15, 0.2) is 12.1 Å². The first-order chi connectivity index (χ1) is 5.69. The highest BCUT2D eigenvalue weighted by Gasteiger charge is 2.04. The largest absolute Gasteiger partial charge is 0.392 e. The van der Waals surface area contributed by atoms with Crippen molar-refractivity contribution in [2.24, 2.45) is 0 Å². The second-order valence-corrected chi connectivity index (χ2v) is 3.04. The van der Waals surface area contributed by atoms with E-state index in [-0.39, 0.29) is 13.2 Å². The summed E-state index contributed by atoms with van der Waals surface area (Å²) in [5.74, 6) is 0. The van der Waals surface area contributed by atoms with Crippen molar-refractivity contribution < 1.29 is 10.2 Å². The van der Waals surface area contributed by atoms with Crippen molar-refractivity contribution in [3.05, 3.63) is 34.4 Å². The molecule has 1 rings (SSSR count). The van der Waals surface area contributed by atoms with Gasteiger partial charge in [0.15, 0.2) is 0 Å². The summed E-state index contributed by atoms with van der Waals surface area (Å²) in [7, 11) is 0. The molecule has 1 aromatic carbocycles. The van der Waals surface area contributed by atoms with Gasteiger partial charge in [-0.3, -0.25) is 0 Å². The van der Waals surface area contributed by atoms with E-state index in [1.54, 1.807) is 0 Å². The molecule has 2 N–H and O–H groups in total. The lowest BCUT2D eigenvalue weighted by atomic mass is 10.00. The third-order valence-corrected chi connectivity index (χ3v) is 2.04. The SMILES string of the molecule is Cc1cc(C)c(CO)c(CO)c1. The smallest absolute Gasteiger partial charge is 0.0687 e. The van der Waals surface area contributed by atoms with Crippen LogP contribution in [0.3, 0.4) is 0 Å². The van der Waals surface area contributed by atoms with E-state index in [2.05, 4.69) is 0 Å². The second kappa shape index (κ2) is 3.70. The molecular weight excluding hydrogens is 152 g/mol. The molecule has 0 aliphatic carbocycles. The molecule has 0 aliphatic rings. The van der Waals surface area contributed by atoms with Gasteiger partial charge < -0.3 is 10.2 Å². The molecule has 0 atom stereocenters. The molecular formula is C10H14O2. The summed E-state index contributed by atoms with van der Waals surface area (Å²) in [6.07, 6.45) is 0. The summed E-state index contributed by atoms with van der Waals surface area (Å²) in [5.41, 5.74) is 3.84. The molecule has 1 aromatic rings. The van der Waals surface area contributed by atoms with Crippen LogP contribution in [0.2, 0.25) is 0 Å². The summed E-state index contributed by atoms with van der Waals surface area (Å²) in [6, 6.07) is 3.91. The molecule has 12 heavy (non-hydrogen) atoms. The fourth-order valence-corrected chi connectivity index (χ4v) is 1.45. The van der Waals surface area contributed by atoms with Crippen LogP contribution < -0.4 is 0 Å². The van der Waals surface area contributed by atoms with Crippen LogP contribution in [-0.2, 0) is 13.2 Å². The lowest BCUT2D eigenvalue weighted by Gasteiger charge is -2.09. The van der Waals surface area contributed by atoms with E-state index >= 15 is 0 Å². The zero-order chi connectivity index (χ0) is 9.14. The average Bonchev–Trinajstić information content (AvgIpc) is 2.03. The molecule has 0 amide bonds. The van der Waals surface area contributed by atoms with Crippen molar-refractivity contribution >= 4 is 0 Å². The maximum absolute atomic E-state index is 9.01. The molecule has 0 saturated heterocycles. The van der Waals surface area contributed by atoms with Gasteiger partial charge in [-0.2, -0.15) is 0 Å². The van der Waals surface area contributed by atoms with Crippen LogP contribution in [0.25, 0.3) is 0 Å². The highest BCUT2D eigenvalue weighted by Crippen LogP contribution is 2.16. The predicted molar refractivity (Wildman–Crippen MR) is 47.8 cm³/mol. The molecule has 0 aliphatic heterocycles. The molecule has 0 fully saturated rings. The summed E-state index contributed by atoms with van der Waals surface area (Å²) >= 11 is 0. The molecule has 2 heteroatoms. The third-order valence-electron chi connectivity index (χ3n) is 2.04. The van der Waals surface area contributed by atoms with E-state index in [9.17, 15) is 0 Å². The Kier molecular flexibility index (Phi) is 2.84. The zero-order valence-corrected chi connectivity index (χ0v) is 7.46. The van der Waals surface area contributed by atoms with E-state index in [0.29, 0.717) is 0 Å². The van der Waals surface area contributed by atoms with Gasteiger partial charge in [-0.25, -0.2) is 0 Å². The molecule has 0 saturated carbocycles. The maximum Gasteiger partial charge on any atom is 0.0687 e. The van der Waals surface area contributed by atoms with Crippen molar-refractivity contribution in [1.29, 1.82) is 0 Å². The summed E-state index contributed by atoms with van der Waals surface area (Å²) < 4.78 is 0. The van der Waals surface area contributed by atoms with Gasteiger partial charge in [0.1, 0.15) is 0 Å². The van der Waals surface area contributed by atoms with Gasteiger partial charge >= 0.3 is 0 Å². The molecule has 66 valence electrons. The Morgan fingerprint density at radius 2 is 1.75 bits per heavy atom. The van der Waals surface area contributed by atoms with Crippen molar-refractivity contribution in [3.63, 3.8) is 0 Å². The molecule has 0 unspecified atom stereocenters. The molecule has 0 radical (unpaired) electrons. The highest BCUT2D eigenvalue weighted by molar-refractivity contribution is 5.37. The second-order valence-electron chi connectivity index (χ2n) is 3.04. The van der Waals surface area contributed by atoms with E-state index in [1.165, 1.54) is 0 Å². The van der Waals surface area contributed by atoms with Crippen LogP contribution in [0, 0.1) is 13.8 Å². The highest BCUT2D eigenvalue weighted by atomic mass is 16.3. The molecule has 0 bridgehead atoms. The van der Waals surface area contributed by atoms with E-state index in [1.807, 2.05) is 26.0 Å². The Balaban J connectivity index is 3.24. The number of rotatable bonds is 2. The minimum atomic E-state index is -0.00157. The van der Waals surface area contributed by atoms with E-state index in [0.717, 1.165) is 22.3 Å². The first kappa shape index (κ1) is 9.23. The van der Waals surface area contributed by atoms with Crippen molar-refractivity contribution in [2.75, 3.05) is 0 Å². The lowest BCUT2D eigenvalue weighted by Crippen LogP contribution is -1.98. The first-order valence-electron chi connectivity index (χ1n) is 3.99. The number of aliphatic hydroxyl groups is 2. The van der Waals surface area contributed by atoms with Gasteiger partial charge in [-0.1, -0.05) is 17.7 Å². The van der Waals surface area contributed by atoms with E-state index in [4.69, 9.17) is 10.2 Å². The third kappa shape index (κ3) is 1.65. The minimum Gasteiger partial charge on any atom is -0.392 e. The number of hydrogen-bond acceptors (Lipinski definition) is 2. The molecule has 0 heterocycles. The fourth-order valence-electron chi connectivity index (χ4n) is 1.45. The van der Waals surface area contributed by atoms with Crippen LogP contribution >= 0.6 is 0 Å². The summed E-state index contributed by atoms with van der Waals surface area (Å²) in [4.78, 5) is 0. The van der Waals surface area contributed by atoms with Crippen molar-refractivity contribution in [2.45, 2.75) is 27.1 Å².